The zero-order valence-corrected chi connectivity index (χ0v) is 21.7. The number of furan rings is 1. The smallest absolute Gasteiger partial charge is 0.246 e. The molecule has 37 heavy (non-hydrogen) atoms. The quantitative estimate of drug-likeness (QED) is 0.297. The molecule has 3 heterocycles. The number of fused-ring (bicyclic) bond motifs is 1. The van der Waals surface area contributed by atoms with Gasteiger partial charge >= 0.3 is 0 Å². The normalized spacial score (nSPS) is 14.8. The zero-order chi connectivity index (χ0) is 25.8. The lowest BCUT2D eigenvalue weighted by Crippen LogP contribution is -2.47. The van der Waals surface area contributed by atoms with Gasteiger partial charge < -0.3 is 14.1 Å². The average molecular weight is 496 g/mol. The van der Waals surface area contributed by atoms with Crippen molar-refractivity contribution in [3.8, 4) is 16.9 Å². The van der Waals surface area contributed by atoms with Gasteiger partial charge in [-0.05, 0) is 49.6 Å². The van der Waals surface area contributed by atoms with Crippen LogP contribution in [0.5, 0.6) is 5.75 Å². The molecular weight excluding hydrogens is 462 g/mol. The largest absolute Gasteiger partial charge is 0.493 e. The van der Waals surface area contributed by atoms with Crippen LogP contribution in [-0.4, -0.2) is 53.5 Å². The Balaban J connectivity index is 1.39. The predicted molar refractivity (Wildman–Crippen MR) is 147 cm³/mol. The summed E-state index contributed by atoms with van der Waals surface area (Å²) >= 11 is 0. The van der Waals surface area contributed by atoms with Gasteiger partial charge in [-0.15, -0.1) is 0 Å². The van der Waals surface area contributed by atoms with Gasteiger partial charge in [-0.25, -0.2) is 0 Å². The molecule has 1 saturated heterocycles. The third-order valence-electron chi connectivity index (χ3n) is 7.00. The van der Waals surface area contributed by atoms with Crippen molar-refractivity contribution < 1.29 is 13.9 Å². The number of nitrogens with zero attached hydrogens (tertiary/aromatic N) is 3. The highest BCUT2D eigenvalue weighted by atomic mass is 16.5. The Kier molecular flexibility index (Phi) is 7.37. The maximum Gasteiger partial charge on any atom is 0.246 e. The summed E-state index contributed by atoms with van der Waals surface area (Å²) < 4.78 is 12.1. The summed E-state index contributed by atoms with van der Waals surface area (Å²) in [5, 5.41) is 1.02. The minimum Gasteiger partial charge on any atom is -0.493 e. The first-order valence-corrected chi connectivity index (χ1v) is 12.9. The molecule has 6 heteroatoms. The van der Waals surface area contributed by atoms with Gasteiger partial charge in [0.05, 0.1) is 12.9 Å². The maximum absolute atomic E-state index is 13.3. The predicted octanol–water partition coefficient (Wildman–Crippen LogP) is 5.95. The molecule has 1 aliphatic rings. The fraction of sp³-hybridized carbons (Fsp3) is 0.290. The van der Waals surface area contributed by atoms with E-state index in [0.717, 1.165) is 64.2 Å². The standard InChI is InChI=1S/C31H33N3O3/c1-4-36-30-23(3)31-27(28(21-37-31)25-10-6-5-7-11-25)18-26(30)22(2)17-29(35)34-15-13-33(14-16-34)20-24-9-8-12-32-19-24/h5-12,17-19,21H,4,13-16,20H2,1-3H3/b22-17+. The van der Waals surface area contributed by atoms with Gasteiger partial charge in [-0.1, -0.05) is 36.4 Å². The van der Waals surface area contributed by atoms with Crippen molar-refractivity contribution in [2.24, 2.45) is 0 Å². The van der Waals surface area contributed by atoms with Crippen molar-refractivity contribution in [3.05, 3.63) is 90.0 Å². The molecule has 0 radical (unpaired) electrons. The van der Waals surface area contributed by atoms with Gasteiger partial charge in [0.2, 0.25) is 5.91 Å². The van der Waals surface area contributed by atoms with E-state index < -0.39 is 0 Å². The minimum atomic E-state index is 0.0363. The molecule has 190 valence electrons. The summed E-state index contributed by atoms with van der Waals surface area (Å²) in [4.78, 5) is 21.8. The highest BCUT2D eigenvalue weighted by Gasteiger charge is 2.22. The summed E-state index contributed by atoms with van der Waals surface area (Å²) in [6, 6.07) is 16.4. The first-order chi connectivity index (χ1) is 18.0. The third kappa shape index (κ3) is 5.30. The van der Waals surface area contributed by atoms with Crippen molar-refractivity contribution >= 4 is 22.4 Å². The van der Waals surface area contributed by atoms with E-state index in [1.165, 1.54) is 5.56 Å². The third-order valence-corrected chi connectivity index (χ3v) is 7.00. The lowest BCUT2D eigenvalue weighted by Gasteiger charge is -2.34. The highest BCUT2D eigenvalue weighted by Crippen LogP contribution is 2.40. The molecule has 1 fully saturated rings. The molecule has 0 aliphatic carbocycles. The van der Waals surface area contributed by atoms with E-state index >= 15 is 0 Å². The second-order valence-corrected chi connectivity index (χ2v) is 9.49. The number of carbonyl (C=O) groups is 1. The molecule has 6 nitrogen and oxygen atoms in total. The Morgan fingerprint density at radius 2 is 1.89 bits per heavy atom. The fourth-order valence-electron chi connectivity index (χ4n) is 5.01. The Labute approximate surface area is 218 Å². The van der Waals surface area contributed by atoms with Gasteiger partial charge in [0, 0.05) is 73.3 Å². The van der Waals surface area contributed by atoms with Crippen molar-refractivity contribution in [1.29, 1.82) is 0 Å². The van der Waals surface area contributed by atoms with Crippen molar-refractivity contribution in [3.63, 3.8) is 0 Å². The number of hydrogen-bond acceptors (Lipinski definition) is 5. The van der Waals surface area contributed by atoms with Crippen LogP contribution in [0.1, 0.15) is 30.5 Å². The van der Waals surface area contributed by atoms with Gasteiger partial charge in [-0.2, -0.15) is 0 Å². The molecule has 0 spiro atoms. The van der Waals surface area contributed by atoms with E-state index in [-0.39, 0.29) is 5.91 Å². The molecule has 4 aromatic rings. The Hall–Kier alpha value is -3.90. The molecule has 0 bridgehead atoms. The monoisotopic (exact) mass is 495 g/mol. The van der Waals surface area contributed by atoms with Crippen LogP contribution in [-0.2, 0) is 11.3 Å². The zero-order valence-electron chi connectivity index (χ0n) is 21.7. The summed E-state index contributed by atoms with van der Waals surface area (Å²) in [6.07, 6.45) is 7.26. The Bertz CT molecular complexity index is 1400. The molecule has 1 aliphatic heterocycles. The van der Waals surface area contributed by atoms with Crippen LogP contribution in [0.15, 0.2) is 77.7 Å². The topological polar surface area (TPSA) is 58.8 Å². The molecule has 0 atom stereocenters. The lowest BCUT2D eigenvalue weighted by atomic mass is 9.96. The lowest BCUT2D eigenvalue weighted by molar-refractivity contribution is -0.127. The van der Waals surface area contributed by atoms with Crippen molar-refractivity contribution in [1.82, 2.24) is 14.8 Å². The fourth-order valence-corrected chi connectivity index (χ4v) is 5.01. The highest BCUT2D eigenvalue weighted by molar-refractivity contribution is 6.01. The molecule has 0 saturated carbocycles. The van der Waals surface area contributed by atoms with Gasteiger partial charge in [0.1, 0.15) is 11.3 Å². The van der Waals surface area contributed by atoms with Gasteiger partial charge in [0.25, 0.3) is 0 Å². The van der Waals surface area contributed by atoms with Crippen LogP contribution < -0.4 is 4.74 Å². The number of aryl methyl sites for hydroxylation is 1. The summed E-state index contributed by atoms with van der Waals surface area (Å²) in [7, 11) is 0. The van der Waals surface area contributed by atoms with E-state index in [4.69, 9.17) is 9.15 Å². The minimum absolute atomic E-state index is 0.0363. The molecule has 1 amide bonds. The number of benzene rings is 2. The van der Waals surface area contributed by atoms with Gasteiger partial charge in [0.15, 0.2) is 0 Å². The van der Waals surface area contributed by atoms with Gasteiger partial charge in [-0.3, -0.25) is 14.7 Å². The van der Waals surface area contributed by atoms with Crippen molar-refractivity contribution in [2.45, 2.75) is 27.3 Å². The maximum atomic E-state index is 13.3. The first kappa shape index (κ1) is 24.8. The number of aromatic nitrogens is 1. The molecule has 2 aromatic carbocycles. The van der Waals surface area contributed by atoms with Crippen LogP contribution in [0.2, 0.25) is 0 Å². The van der Waals surface area contributed by atoms with Crippen LogP contribution in [0.4, 0.5) is 0 Å². The number of hydrogen-bond donors (Lipinski definition) is 0. The number of carbonyl (C=O) groups excluding carboxylic acids is 1. The number of ether oxygens (including phenoxy) is 1. The number of allylic oxidation sites excluding steroid dienone is 1. The second-order valence-electron chi connectivity index (χ2n) is 9.49. The van der Waals surface area contributed by atoms with Crippen LogP contribution in [0.25, 0.3) is 27.7 Å². The molecule has 2 aromatic heterocycles. The van der Waals surface area contributed by atoms with Crippen molar-refractivity contribution in [2.75, 3.05) is 32.8 Å². The first-order valence-electron chi connectivity index (χ1n) is 12.9. The Morgan fingerprint density at radius 1 is 1.11 bits per heavy atom. The average Bonchev–Trinajstić information content (AvgIpc) is 3.36. The second kappa shape index (κ2) is 11.0. The van der Waals surface area contributed by atoms with E-state index in [9.17, 15) is 4.79 Å². The van der Waals surface area contributed by atoms with Crippen LogP contribution >= 0.6 is 0 Å². The van der Waals surface area contributed by atoms with E-state index in [2.05, 4.69) is 34.1 Å². The molecule has 0 N–H and O–H groups in total. The summed E-state index contributed by atoms with van der Waals surface area (Å²) in [6.45, 7) is 10.5. The van der Waals surface area contributed by atoms with E-state index in [1.54, 1.807) is 12.3 Å². The van der Waals surface area contributed by atoms with E-state index in [1.807, 2.05) is 62.4 Å². The number of pyridine rings is 1. The van der Waals surface area contributed by atoms with Crippen LogP contribution in [0, 0.1) is 6.92 Å². The summed E-state index contributed by atoms with van der Waals surface area (Å²) in [5.41, 5.74) is 6.90. The Morgan fingerprint density at radius 3 is 2.59 bits per heavy atom. The number of amides is 1. The van der Waals surface area contributed by atoms with E-state index in [0.29, 0.717) is 19.7 Å². The molecule has 0 unspecified atom stereocenters. The number of piperazine rings is 1. The molecular formula is C31H33N3O3. The number of rotatable bonds is 7. The van der Waals surface area contributed by atoms with Crippen LogP contribution in [0.3, 0.4) is 0 Å². The SMILES string of the molecule is CCOc1c(/C(C)=C/C(=O)N2CCN(Cc3cccnc3)CC2)cc2c(-c3ccccc3)coc2c1C. The molecule has 5 rings (SSSR count). The summed E-state index contributed by atoms with van der Waals surface area (Å²) in [5.74, 6) is 0.806.